The van der Waals surface area contributed by atoms with E-state index in [0.29, 0.717) is 0 Å². The average molecular weight is 301 g/mol. The molecule has 0 aromatic carbocycles. The van der Waals surface area contributed by atoms with Crippen molar-refractivity contribution in [2.24, 2.45) is 0 Å². The molecule has 0 atom stereocenters. The third-order valence-electron chi connectivity index (χ3n) is 0. The first-order valence-electron chi connectivity index (χ1n) is 0.783. The maximum atomic E-state index is 8.88. The standard InChI is InChI=1S/Ni.H3O4P.8H2O/c;1-5(2,3)4;;;;;;;;/h;(H3,1,2,3,4);8*1H2. The van der Waals surface area contributed by atoms with Gasteiger partial charge in [-0.1, -0.05) is 0 Å². The summed E-state index contributed by atoms with van der Waals surface area (Å²) in [4.78, 5) is 21.6. The Bertz CT molecular complexity index is 56.5. The summed E-state index contributed by atoms with van der Waals surface area (Å²) in [6, 6.07) is 0. The minimum atomic E-state index is -4.64. The third-order valence-corrected chi connectivity index (χ3v) is 0. The van der Waals surface area contributed by atoms with Crippen molar-refractivity contribution in [1.29, 1.82) is 0 Å². The van der Waals surface area contributed by atoms with E-state index >= 15 is 0 Å². The largest absolute Gasteiger partial charge is 0.466 e. The number of hydrogen-bond acceptors (Lipinski definition) is 1. The first-order chi connectivity index (χ1) is 2.00. The van der Waals surface area contributed by atoms with Crippen LogP contribution in [0.1, 0.15) is 0 Å². The predicted molar refractivity (Wildman–Crippen MR) is 43.2 cm³/mol. The van der Waals surface area contributed by atoms with Gasteiger partial charge in [0.2, 0.25) is 0 Å². The summed E-state index contributed by atoms with van der Waals surface area (Å²) in [5, 5.41) is 0. The molecule has 0 fully saturated rings. The Morgan fingerprint density at radius 2 is 0.571 bits per heavy atom. The van der Waals surface area contributed by atoms with Crippen LogP contribution in [0, 0.1) is 0 Å². The molecule has 0 saturated carbocycles. The van der Waals surface area contributed by atoms with Gasteiger partial charge >= 0.3 is 7.82 Å². The minimum absolute atomic E-state index is 0. The topological polar surface area (TPSA) is 330 Å². The van der Waals surface area contributed by atoms with Crippen LogP contribution >= 0.6 is 7.82 Å². The van der Waals surface area contributed by atoms with Crippen molar-refractivity contribution in [1.82, 2.24) is 0 Å². The zero-order valence-electron chi connectivity index (χ0n) is 6.51. The van der Waals surface area contributed by atoms with E-state index in [9.17, 15) is 0 Å². The van der Waals surface area contributed by atoms with Gasteiger partial charge in [0, 0.05) is 16.5 Å². The summed E-state index contributed by atoms with van der Waals surface area (Å²) < 4.78 is 8.88. The average Bonchev–Trinajstić information content (AvgIpc) is 0.722. The van der Waals surface area contributed by atoms with Crippen LogP contribution < -0.4 is 0 Å². The fourth-order valence-electron chi connectivity index (χ4n) is 0. The second-order valence-electron chi connectivity index (χ2n) is 0.513. The Hall–Kier alpha value is 0.284. The van der Waals surface area contributed by atoms with Gasteiger partial charge in [-0.2, -0.15) is 0 Å². The van der Waals surface area contributed by atoms with Gasteiger partial charge in [0.05, 0.1) is 0 Å². The molecule has 14 heteroatoms. The Kier molecular flexibility index (Phi) is 498. The van der Waals surface area contributed by atoms with Gasteiger partial charge < -0.3 is 58.5 Å². The van der Waals surface area contributed by atoms with Gasteiger partial charge in [-0.25, -0.2) is 4.57 Å². The minimum Gasteiger partial charge on any atom is -0.412 e. The van der Waals surface area contributed by atoms with Gasteiger partial charge in [-0.3, -0.25) is 0 Å². The second kappa shape index (κ2) is 50.8. The van der Waals surface area contributed by atoms with E-state index in [-0.39, 0.29) is 60.3 Å². The summed E-state index contributed by atoms with van der Waals surface area (Å²) in [7, 11) is -4.64. The summed E-state index contributed by atoms with van der Waals surface area (Å²) in [5.41, 5.74) is 0. The molecule has 0 aliphatic heterocycles. The SMILES string of the molecule is O.O.O.O.O.O.O.O.O=P(O)(O)O.[Ni]. The molecule has 0 bridgehead atoms. The van der Waals surface area contributed by atoms with Crippen molar-refractivity contribution in [3.63, 3.8) is 0 Å². The van der Waals surface area contributed by atoms with Crippen molar-refractivity contribution in [2.75, 3.05) is 0 Å². The Morgan fingerprint density at radius 3 is 0.571 bits per heavy atom. The summed E-state index contributed by atoms with van der Waals surface area (Å²) in [5.74, 6) is 0. The summed E-state index contributed by atoms with van der Waals surface area (Å²) in [6.45, 7) is 0. The molecule has 0 aliphatic carbocycles. The van der Waals surface area contributed by atoms with Gasteiger partial charge in [0.25, 0.3) is 0 Å². The molecule has 14 heavy (non-hydrogen) atoms. The molecule has 106 valence electrons. The van der Waals surface area contributed by atoms with Crippen molar-refractivity contribution < 1.29 is 79.5 Å². The third kappa shape index (κ3) is 19500. The molecule has 12 nitrogen and oxygen atoms in total. The quantitative estimate of drug-likeness (QED) is 0.289. The van der Waals surface area contributed by atoms with E-state index < -0.39 is 7.82 Å². The van der Waals surface area contributed by atoms with Gasteiger partial charge in [-0.05, 0) is 0 Å². The van der Waals surface area contributed by atoms with Crippen molar-refractivity contribution in [3.8, 4) is 0 Å². The van der Waals surface area contributed by atoms with Crippen LogP contribution in [0.5, 0.6) is 0 Å². The van der Waals surface area contributed by atoms with Crippen molar-refractivity contribution >= 4 is 7.82 Å². The van der Waals surface area contributed by atoms with Crippen LogP contribution in [0.25, 0.3) is 0 Å². The maximum Gasteiger partial charge on any atom is 0.466 e. The van der Waals surface area contributed by atoms with Gasteiger partial charge in [0.1, 0.15) is 0 Å². The van der Waals surface area contributed by atoms with Crippen LogP contribution in [0.2, 0.25) is 0 Å². The molecule has 0 saturated heterocycles. The van der Waals surface area contributed by atoms with E-state index in [4.69, 9.17) is 19.2 Å². The van der Waals surface area contributed by atoms with Crippen LogP contribution in [0.15, 0.2) is 0 Å². The molecule has 0 spiro atoms. The first-order valence-corrected chi connectivity index (χ1v) is 2.35. The fraction of sp³-hybridized carbons (Fsp3) is 0. The Balaban J connectivity index is -0.00000000222. The van der Waals surface area contributed by atoms with E-state index in [2.05, 4.69) is 0 Å². The molecule has 0 heterocycles. The van der Waals surface area contributed by atoms with E-state index in [1.165, 1.54) is 0 Å². The number of phosphoric acid groups is 1. The zero-order chi connectivity index (χ0) is 4.50. The molecule has 0 aromatic heterocycles. The zero-order valence-corrected chi connectivity index (χ0v) is 8.40. The molecule has 19 N–H and O–H groups in total. The van der Waals surface area contributed by atoms with E-state index in [0.717, 1.165) is 0 Å². The molecule has 0 amide bonds. The van der Waals surface area contributed by atoms with Gasteiger partial charge in [0.15, 0.2) is 0 Å². The molecule has 0 unspecified atom stereocenters. The predicted octanol–water partition coefficient (Wildman–Crippen LogP) is -7.53. The normalized spacial score (nSPS) is 4.21. The van der Waals surface area contributed by atoms with Crippen molar-refractivity contribution in [3.05, 3.63) is 0 Å². The van der Waals surface area contributed by atoms with Crippen LogP contribution in [-0.2, 0) is 21.1 Å². The molecule has 0 radical (unpaired) electrons. The fourth-order valence-corrected chi connectivity index (χ4v) is 0. The first kappa shape index (κ1) is 137. The molecular formula is H19NiO12P. The van der Waals surface area contributed by atoms with Crippen LogP contribution in [0.3, 0.4) is 0 Å². The monoisotopic (exact) mass is 300 g/mol. The van der Waals surface area contributed by atoms with Crippen LogP contribution in [0.4, 0.5) is 0 Å². The molecule has 0 aliphatic rings. The summed E-state index contributed by atoms with van der Waals surface area (Å²) >= 11 is 0. The molecule has 0 aromatic rings. The molecule has 0 rings (SSSR count). The van der Waals surface area contributed by atoms with E-state index in [1.54, 1.807) is 0 Å². The Morgan fingerprint density at radius 1 is 0.571 bits per heavy atom. The van der Waals surface area contributed by atoms with Crippen LogP contribution in [-0.4, -0.2) is 58.5 Å². The van der Waals surface area contributed by atoms with Crippen molar-refractivity contribution in [2.45, 2.75) is 0 Å². The maximum absolute atomic E-state index is 8.88. The second-order valence-corrected chi connectivity index (χ2v) is 1.54. The summed E-state index contributed by atoms with van der Waals surface area (Å²) in [6.07, 6.45) is 0. The molecular weight excluding hydrogens is 282 g/mol. The van der Waals surface area contributed by atoms with E-state index in [1.807, 2.05) is 0 Å². The van der Waals surface area contributed by atoms with Gasteiger partial charge in [-0.15, -0.1) is 0 Å². The Labute approximate surface area is 88.2 Å². The smallest absolute Gasteiger partial charge is 0.412 e. The number of rotatable bonds is 0. The number of hydrogen-bond donors (Lipinski definition) is 3.